The molecule has 0 atom stereocenters. The van der Waals surface area contributed by atoms with Crippen molar-refractivity contribution in [3.05, 3.63) is 0 Å². The minimum atomic E-state index is 0.365. The van der Waals surface area contributed by atoms with E-state index in [0.29, 0.717) is 10.8 Å². The fourth-order valence-electron chi connectivity index (χ4n) is 3.50. The van der Waals surface area contributed by atoms with Crippen molar-refractivity contribution in [3.63, 3.8) is 0 Å². The molecule has 1 aliphatic carbocycles. The molecule has 0 heterocycles. The van der Waals surface area contributed by atoms with Crippen molar-refractivity contribution in [2.24, 2.45) is 16.7 Å². The van der Waals surface area contributed by atoms with Crippen LogP contribution in [0.2, 0.25) is 0 Å². The molecular weight excluding hydrogens is 232 g/mol. The summed E-state index contributed by atoms with van der Waals surface area (Å²) in [5.41, 5.74) is 0.861. The molecule has 2 nitrogen and oxygen atoms in total. The third-order valence-electron chi connectivity index (χ3n) is 4.57. The van der Waals surface area contributed by atoms with Crippen LogP contribution in [0, 0.1) is 16.7 Å². The summed E-state index contributed by atoms with van der Waals surface area (Å²) in [6.07, 6.45) is 5.52. The van der Waals surface area contributed by atoms with Gasteiger partial charge in [0.25, 0.3) is 0 Å². The minimum absolute atomic E-state index is 0.365. The maximum absolute atomic E-state index is 3.81. The lowest BCUT2D eigenvalue weighted by Crippen LogP contribution is -2.43. The maximum Gasteiger partial charge on any atom is 0.00675 e. The smallest absolute Gasteiger partial charge is 0.00675 e. The molecule has 1 N–H and O–H groups in total. The highest BCUT2D eigenvalue weighted by Crippen LogP contribution is 2.37. The molecule has 1 saturated carbocycles. The first kappa shape index (κ1) is 17.0. The van der Waals surface area contributed by atoms with E-state index >= 15 is 0 Å². The largest absolute Gasteiger partial charge is 0.313 e. The standard InChI is InChI=1S/C17H36N2/c1-16(2,3)14-8-10-15(11-9-14)18-12-17(4,5)13-19(6)7/h14-15,18H,8-13H2,1-7H3. The minimum Gasteiger partial charge on any atom is -0.313 e. The van der Waals surface area contributed by atoms with E-state index in [9.17, 15) is 0 Å². The number of nitrogens with one attached hydrogen (secondary N) is 1. The van der Waals surface area contributed by atoms with Crippen LogP contribution in [0.5, 0.6) is 0 Å². The van der Waals surface area contributed by atoms with E-state index in [1.165, 1.54) is 25.7 Å². The summed E-state index contributed by atoms with van der Waals surface area (Å²) < 4.78 is 0. The van der Waals surface area contributed by atoms with Gasteiger partial charge in [-0.15, -0.1) is 0 Å². The van der Waals surface area contributed by atoms with Crippen LogP contribution in [0.4, 0.5) is 0 Å². The van der Waals surface area contributed by atoms with E-state index in [4.69, 9.17) is 0 Å². The summed E-state index contributed by atoms with van der Waals surface area (Å²) in [5.74, 6) is 0.917. The maximum atomic E-state index is 3.81. The van der Waals surface area contributed by atoms with Crippen LogP contribution in [0.25, 0.3) is 0 Å². The highest BCUT2D eigenvalue weighted by molar-refractivity contribution is 4.85. The van der Waals surface area contributed by atoms with Crippen LogP contribution in [0.3, 0.4) is 0 Å². The van der Waals surface area contributed by atoms with Crippen LogP contribution in [0.1, 0.15) is 60.3 Å². The summed E-state index contributed by atoms with van der Waals surface area (Å²) in [6.45, 7) is 14.2. The molecule has 0 aliphatic heterocycles. The van der Waals surface area contributed by atoms with Gasteiger partial charge in [0.05, 0.1) is 0 Å². The Morgan fingerprint density at radius 2 is 1.47 bits per heavy atom. The highest BCUT2D eigenvalue weighted by atomic mass is 15.1. The van der Waals surface area contributed by atoms with Gasteiger partial charge in [-0.05, 0) is 56.5 Å². The Morgan fingerprint density at radius 3 is 1.89 bits per heavy atom. The zero-order valence-electron chi connectivity index (χ0n) is 14.3. The fourth-order valence-corrected chi connectivity index (χ4v) is 3.50. The lowest BCUT2D eigenvalue weighted by Gasteiger charge is -2.38. The molecule has 0 aromatic rings. The first-order valence-corrected chi connectivity index (χ1v) is 7.98. The van der Waals surface area contributed by atoms with Crippen molar-refractivity contribution in [2.45, 2.75) is 66.3 Å². The van der Waals surface area contributed by atoms with Crippen molar-refractivity contribution in [1.29, 1.82) is 0 Å². The van der Waals surface area contributed by atoms with E-state index in [1.807, 2.05) is 0 Å². The zero-order valence-corrected chi connectivity index (χ0v) is 14.3. The number of hydrogen-bond acceptors (Lipinski definition) is 2. The summed E-state index contributed by atoms with van der Waals surface area (Å²) in [7, 11) is 4.33. The summed E-state index contributed by atoms with van der Waals surface area (Å²) in [4.78, 5) is 2.29. The Morgan fingerprint density at radius 1 is 0.947 bits per heavy atom. The quantitative estimate of drug-likeness (QED) is 0.816. The lowest BCUT2D eigenvalue weighted by molar-refractivity contribution is 0.150. The van der Waals surface area contributed by atoms with E-state index in [1.54, 1.807) is 0 Å². The molecule has 1 aliphatic rings. The van der Waals surface area contributed by atoms with Crippen LogP contribution < -0.4 is 5.32 Å². The Kier molecular flexibility index (Phi) is 5.88. The van der Waals surface area contributed by atoms with Gasteiger partial charge in [-0.2, -0.15) is 0 Å². The molecule has 2 heteroatoms. The zero-order chi connectivity index (χ0) is 14.7. The first-order valence-electron chi connectivity index (χ1n) is 7.98. The van der Waals surface area contributed by atoms with E-state index in [0.717, 1.165) is 25.0 Å². The summed E-state index contributed by atoms with van der Waals surface area (Å²) in [6, 6.07) is 0.750. The van der Waals surface area contributed by atoms with Crippen LogP contribution in [-0.2, 0) is 0 Å². The molecule has 0 saturated heterocycles. The van der Waals surface area contributed by atoms with Crippen molar-refractivity contribution in [1.82, 2.24) is 10.2 Å². The lowest BCUT2D eigenvalue weighted by atomic mass is 9.71. The van der Waals surface area contributed by atoms with Crippen molar-refractivity contribution < 1.29 is 0 Å². The molecule has 1 rings (SSSR count). The predicted octanol–water partition coefficient (Wildman–Crippen LogP) is 3.77. The van der Waals surface area contributed by atoms with Crippen molar-refractivity contribution in [2.75, 3.05) is 27.2 Å². The third-order valence-corrected chi connectivity index (χ3v) is 4.57. The fraction of sp³-hybridized carbons (Fsp3) is 1.00. The average Bonchev–Trinajstić information content (AvgIpc) is 2.24. The topological polar surface area (TPSA) is 15.3 Å². The van der Waals surface area contributed by atoms with Gasteiger partial charge in [-0.25, -0.2) is 0 Å². The van der Waals surface area contributed by atoms with Crippen LogP contribution in [0.15, 0.2) is 0 Å². The Balaban J connectivity index is 2.30. The molecule has 0 amide bonds. The Hall–Kier alpha value is -0.0800. The van der Waals surface area contributed by atoms with Gasteiger partial charge in [0.2, 0.25) is 0 Å². The third kappa shape index (κ3) is 6.27. The van der Waals surface area contributed by atoms with Gasteiger partial charge in [-0.1, -0.05) is 34.6 Å². The number of rotatable bonds is 5. The van der Waals surface area contributed by atoms with Gasteiger partial charge in [0, 0.05) is 19.1 Å². The summed E-state index contributed by atoms with van der Waals surface area (Å²) >= 11 is 0. The molecule has 0 aromatic heterocycles. The number of hydrogen-bond donors (Lipinski definition) is 1. The molecule has 114 valence electrons. The Bertz CT molecular complexity index is 255. The second-order valence-electron chi connectivity index (χ2n) is 8.70. The molecule has 0 radical (unpaired) electrons. The van der Waals surface area contributed by atoms with Gasteiger partial charge in [0.1, 0.15) is 0 Å². The second kappa shape index (κ2) is 6.58. The van der Waals surface area contributed by atoms with Gasteiger partial charge >= 0.3 is 0 Å². The van der Waals surface area contributed by atoms with Crippen LogP contribution in [-0.4, -0.2) is 38.1 Å². The molecule has 0 aromatic carbocycles. The summed E-state index contributed by atoms with van der Waals surface area (Å²) in [5, 5.41) is 3.81. The normalized spacial score (nSPS) is 25.9. The van der Waals surface area contributed by atoms with E-state index in [2.05, 4.69) is 58.9 Å². The molecule has 0 unspecified atom stereocenters. The van der Waals surface area contributed by atoms with Crippen LogP contribution >= 0.6 is 0 Å². The average molecular weight is 268 g/mol. The van der Waals surface area contributed by atoms with Crippen molar-refractivity contribution in [3.8, 4) is 0 Å². The number of nitrogens with zero attached hydrogens (tertiary/aromatic N) is 1. The first-order chi connectivity index (χ1) is 8.60. The van der Waals surface area contributed by atoms with Crippen molar-refractivity contribution >= 4 is 0 Å². The highest BCUT2D eigenvalue weighted by Gasteiger charge is 2.30. The molecular formula is C17H36N2. The Labute approximate surface area is 121 Å². The molecule has 0 spiro atoms. The van der Waals surface area contributed by atoms with Gasteiger partial charge in [0.15, 0.2) is 0 Å². The van der Waals surface area contributed by atoms with E-state index < -0.39 is 0 Å². The molecule has 1 fully saturated rings. The second-order valence-corrected chi connectivity index (χ2v) is 8.70. The van der Waals surface area contributed by atoms with Gasteiger partial charge < -0.3 is 10.2 Å². The SMILES string of the molecule is CN(C)CC(C)(C)CNC1CCC(C(C)(C)C)CC1. The monoisotopic (exact) mass is 268 g/mol. The molecule has 0 bridgehead atoms. The molecule has 19 heavy (non-hydrogen) atoms. The van der Waals surface area contributed by atoms with E-state index in [-0.39, 0.29) is 0 Å². The van der Waals surface area contributed by atoms with Gasteiger partial charge in [-0.3, -0.25) is 0 Å². The predicted molar refractivity (Wildman–Crippen MR) is 85.5 cm³/mol.